The van der Waals surface area contributed by atoms with Crippen LogP contribution in [0.1, 0.15) is 46.0 Å². The van der Waals surface area contributed by atoms with Crippen molar-refractivity contribution in [1.82, 2.24) is 10.6 Å². The molecule has 0 fully saturated rings. The predicted molar refractivity (Wildman–Crippen MR) is 84.3 cm³/mol. The highest BCUT2D eigenvalue weighted by Gasteiger charge is 2.18. The van der Waals surface area contributed by atoms with Gasteiger partial charge in [-0.3, -0.25) is 4.79 Å². The Bertz CT molecular complexity index is 286. The van der Waals surface area contributed by atoms with E-state index >= 15 is 0 Å². The summed E-state index contributed by atoms with van der Waals surface area (Å²) in [6.07, 6.45) is 6.56. The molecule has 0 aromatic rings. The molecule has 2 amide bonds. The summed E-state index contributed by atoms with van der Waals surface area (Å²) < 4.78 is 0. The summed E-state index contributed by atoms with van der Waals surface area (Å²) in [5.41, 5.74) is 0. The summed E-state index contributed by atoms with van der Waals surface area (Å²) in [5, 5.41) is 14.3. The molecule has 0 spiro atoms. The van der Waals surface area contributed by atoms with Gasteiger partial charge in [-0.1, -0.05) is 26.7 Å². The van der Waals surface area contributed by atoms with Crippen LogP contribution in [0.5, 0.6) is 0 Å². The van der Waals surface area contributed by atoms with Crippen molar-refractivity contribution >= 4 is 23.8 Å². The molecule has 5 nitrogen and oxygen atoms in total. The average molecular weight is 304 g/mol. The molecule has 0 saturated heterocycles. The number of unbranched alkanes of at least 4 members (excludes halogenated alkanes) is 3. The maximum atomic E-state index is 11.7. The monoisotopic (exact) mass is 304 g/mol. The van der Waals surface area contributed by atoms with Crippen LogP contribution in [0.4, 0.5) is 4.79 Å². The Morgan fingerprint density at radius 3 is 2.35 bits per heavy atom. The molecule has 3 N–H and O–H groups in total. The zero-order valence-corrected chi connectivity index (χ0v) is 13.6. The van der Waals surface area contributed by atoms with Crippen molar-refractivity contribution < 1.29 is 14.7 Å². The Hall–Kier alpha value is -0.910. The van der Waals surface area contributed by atoms with Gasteiger partial charge < -0.3 is 15.7 Å². The van der Waals surface area contributed by atoms with Crippen molar-refractivity contribution in [2.45, 2.75) is 52.0 Å². The van der Waals surface area contributed by atoms with E-state index in [0.717, 1.165) is 12.8 Å². The normalized spacial score (nSPS) is 12.2. The third kappa shape index (κ3) is 11.0. The van der Waals surface area contributed by atoms with E-state index in [9.17, 15) is 9.59 Å². The van der Waals surface area contributed by atoms with E-state index in [4.69, 9.17) is 5.11 Å². The van der Waals surface area contributed by atoms with Gasteiger partial charge in [0, 0.05) is 12.6 Å². The molecule has 0 aliphatic heterocycles. The molecule has 0 rings (SSSR count). The number of hydrogen-bond donors (Lipinski definition) is 3. The van der Waals surface area contributed by atoms with Crippen LogP contribution in [0.25, 0.3) is 0 Å². The molecule has 118 valence electrons. The van der Waals surface area contributed by atoms with Gasteiger partial charge in [0.2, 0.25) is 0 Å². The number of carbonyl (C=O) groups is 2. The lowest BCUT2D eigenvalue weighted by atomic mass is 10.0. The molecule has 0 heterocycles. The molecule has 0 radical (unpaired) electrons. The van der Waals surface area contributed by atoms with E-state index in [0.29, 0.717) is 6.54 Å². The van der Waals surface area contributed by atoms with Crippen molar-refractivity contribution in [2.75, 3.05) is 18.6 Å². The number of urea groups is 1. The fourth-order valence-electron chi connectivity index (χ4n) is 1.79. The molecule has 0 bridgehead atoms. The number of nitrogens with one attached hydrogen (secondary N) is 2. The van der Waals surface area contributed by atoms with Gasteiger partial charge >= 0.3 is 12.0 Å². The highest BCUT2D eigenvalue weighted by Crippen LogP contribution is 2.06. The molecule has 1 unspecified atom stereocenters. The lowest BCUT2D eigenvalue weighted by Gasteiger charge is -2.20. The van der Waals surface area contributed by atoms with Crippen LogP contribution in [0, 0.1) is 5.92 Å². The van der Waals surface area contributed by atoms with Crippen LogP contribution in [-0.4, -0.2) is 41.7 Å². The Kier molecular flexibility index (Phi) is 11.3. The molecule has 0 saturated carbocycles. The Labute approximate surface area is 126 Å². The van der Waals surface area contributed by atoms with E-state index in [1.807, 2.05) is 25.6 Å². The maximum absolute atomic E-state index is 11.7. The van der Waals surface area contributed by atoms with Gasteiger partial charge in [0.1, 0.15) is 0 Å². The zero-order chi connectivity index (χ0) is 15.4. The summed E-state index contributed by atoms with van der Waals surface area (Å²) in [6, 6.07) is -0.594. The van der Waals surface area contributed by atoms with Crippen molar-refractivity contribution in [3.8, 4) is 0 Å². The first-order valence-corrected chi connectivity index (χ1v) is 8.61. The van der Waals surface area contributed by atoms with E-state index in [1.54, 1.807) is 0 Å². The summed E-state index contributed by atoms with van der Waals surface area (Å²) in [6.45, 7) is 4.45. The molecular weight excluding hydrogens is 276 g/mol. The number of aliphatic carboxylic acids is 1. The smallest absolute Gasteiger partial charge is 0.315 e. The van der Waals surface area contributed by atoms with Crippen LogP contribution >= 0.6 is 11.8 Å². The summed E-state index contributed by atoms with van der Waals surface area (Å²) >= 11 is 1.86. The number of rotatable bonds is 11. The third-order valence-corrected chi connectivity index (χ3v) is 3.77. The second-order valence-corrected chi connectivity index (χ2v) is 6.24. The van der Waals surface area contributed by atoms with E-state index < -0.39 is 5.97 Å². The first-order chi connectivity index (χ1) is 9.47. The third-order valence-electron chi connectivity index (χ3n) is 3.08. The van der Waals surface area contributed by atoms with Crippen molar-refractivity contribution in [1.29, 1.82) is 0 Å². The van der Waals surface area contributed by atoms with Gasteiger partial charge in [-0.05, 0) is 30.8 Å². The lowest BCUT2D eigenvalue weighted by molar-refractivity contribution is -0.137. The van der Waals surface area contributed by atoms with Gasteiger partial charge in [-0.2, -0.15) is 11.8 Å². The summed E-state index contributed by atoms with van der Waals surface area (Å²) in [7, 11) is 0. The van der Waals surface area contributed by atoms with Gasteiger partial charge in [-0.25, -0.2) is 4.79 Å². The SMILES string of the molecule is CSCCCCCCNC(=O)NC(CC(=O)O)C(C)C. The summed E-state index contributed by atoms with van der Waals surface area (Å²) in [4.78, 5) is 22.4. The minimum atomic E-state index is -0.891. The van der Waals surface area contributed by atoms with Gasteiger partial charge in [0.05, 0.1) is 6.42 Å². The number of carbonyl (C=O) groups excluding carboxylic acids is 1. The van der Waals surface area contributed by atoms with Crippen molar-refractivity contribution in [2.24, 2.45) is 5.92 Å². The molecule has 0 aromatic heterocycles. The fraction of sp³-hybridized carbons (Fsp3) is 0.857. The highest BCUT2D eigenvalue weighted by molar-refractivity contribution is 7.98. The predicted octanol–water partition coefficient (Wildman–Crippen LogP) is 2.71. The first kappa shape index (κ1) is 19.1. The number of carboxylic acid groups (broad SMARTS) is 1. The van der Waals surface area contributed by atoms with E-state index in [-0.39, 0.29) is 24.4 Å². The van der Waals surface area contributed by atoms with Crippen molar-refractivity contribution in [3.05, 3.63) is 0 Å². The molecule has 20 heavy (non-hydrogen) atoms. The van der Waals surface area contributed by atoms with Crippen LogP contribution in [0.3, 0.4) is 0 Å². The topological polar surface area (TPSA) is 78.4 Å². The molecular formula is C14H28N2O3S. The minimum Gasteiger partial charge on any atom is -0.481 e. The molecule has 0 aliphatic carbocycles. The summed E-state index contributed by atoms with van der Waals surface area (Å²) in [5.74, 6) is 0.403. The number of carboxylic acids is 1. The fourth-order valence-corrected chi connectivity index (χ4v) is 2.28. The average Bonchev–Trinajstić information content (AvgIpc) is 2.36. The van der Waals surface area contributed by atoms with Gasteiger partial charge in [0.25, 0.3) is 0 Å². The number of thioether (sulfide) groups is 1. The van der Waals surface area contributed by atoms with Crippen LogP contribution in [0.15, 0.2) is 0 Å². The van der Waals surface area contributed by atoms with E-state index in [1.165, 1.54) is 18.6 Å². The zero-order valence-electron chi connectivity index (χ0n) is 12.8. The molecule has 0 aromatic carbocycles. The Morgan fingerprint density at radius 1 is 1.15 bits per heavy atom. The first-order valence-electron chi connectivity index (χ1n) is 7.22. The standard InChI is InChI=1S/C14H28N2O3S/c1-11(2)12(10-13(17)18)16-14(19)15-8-6-4-5-7-9-20-3/h11-12H,4-10H2,1-3H3,(H,17,18)(H2,15,16,19). The van der Waals surface area contributed by atoms with E-state index in [2.05, 4.69) is 16.9 Å². The van der Waals surface area contributed by atoms with Crippen LogP contribution in [0.2, 0.25) is 0 Å². The Balaban J connectivity index is 3.72. The second kappa shape index (κ2) is 11.9. The largest absolute Gasteiger partial charge is 0.481 e. The maximum Gasteiger partial charge on any atom is 0.315 e. The van der Waals surface area contributed by atoms with Crippen LogP contribution < -0.4 is 10.6 Å². The highest BCUT2D eigenvalue weighted by atomic mass is 32.2. The number of hydrogen-bond acceptors (Lipinski definition) is 3. The Morgan fingerprint density at radius 2 is 1.80 bits per heavy atom. The molecule has 1 atom stereocenters. The molecule has 0 aliphatic rings. The quantitative estimate of drug-likeness (QED) is 0.513. The molecule has 6 heteroatoms. The minimum absolute atomic E-state index is 0.0419. The second-order valence-electron chi connectivity index (χ2n) is 5.26. The van der Waals surface area contributed by atoms with Gasteiger partial charge in [0.15, 0.2) is 0 Å². The van der Waals surface area contributed by atoms with Crippen molar-refractivity contribution in [3.63, 3.8) is 0 Å². The lowest BCUT2D eigenvalue weighted by Crippen LogP contribution is -2.45. The number of amides is 2. The van der Waals surface area contributed by atoms with Crippen LogP contribution in [-0.2, 0) is 4.79 Å². The van der Waals surface area contributed by atoms with Gasteiger partial charge in [-0.15, -0.1) is 0 Å².